The Balaban J connectivity index is 1.61. The Morgan fingerprint density at radius 1 is 1.00 bits per heavy atom. The molecule has 5 nitrogen and oxygen atoms in total. The standard InChI is InChI=1S/C26H21N3O2/c27-16-18-10-12-20(13-11-18)25-23-21-8-4-5-9-22(21)28-24(23)26(30)29(14-15-31-25)17-19-6-2-1-3-7-19/h1-13,25,28H,14-15,17H2/t25-/m0/s1. The zero-order valence-electron chi connectivity index (χ0n) is 16.9. The van der Waals surface area contributed by atoms with Gasteiger partial charge in [0, 0.05) is 29.6 Å². The number of fused-ring (bicyclic) bond motifs is 3. The third-order valence-electron chi connectivity index (χ3n) is 5.71. The Morgan fingerprint density at radius 2 is 1.74 bits per heavy atom. The second-order valence-corrected chi connectivity index (χ2v) is 7.66. The summed E-state index contributed by atoms with van der Waals surface area (Å²) < 4.78 is 6.35. The molecule has 0 fully saturated rings. The molecule has 1 atom stereocenters. The first-order valence-electron chi connectivity index (χ1n) is 10.3. The Hall–Kier alpha value is -3.88. The molecule has 0 saturated carbocycles. The highest BCUT2D eigenvalue weighted by Crippen LogP contribution is 2.36. The highest BCUT2D eigenvalue weighted by Gasteiger charge is 2.31. The molecule has 0 aliphatic carbocycles. The van der Waals surface area contributed by atoms with Crippen molar-refractivity contribution in [3.05, 3.63) is 107 Å². The van der Waals surface area contributed by atoms with Gasteiger partial charge in [-0.05, 0) is 29.3 Å². The summed E-state index contributed by atoms with van der Waals surface area (Å²) in [5.41, 5.74) is 4.92. The van der Waals surface area contributed by atoms with E-state index in [0.29, 0.717) is 31.0 Å². The first kappa shape index (κ1) is 19.1. The number of hydrogen-bond donors (Lipinski definition) is 1. The highest BCUT2D eigenvalue weighted by atomic mass is 16.5. The maximum Gasteiger partial charge on any atom is 0.271 e. The number of carbonyl (C=O) groups excluding carboxylic acids is 1. The predicted octanol–water partition coefficient (Wildman–Crippen LogP) is 4.80. The Labute approximate surface area is 180 Å². The number of benzene rings is 3. The van der Waals surface area contributed by atoms with Crippen LogP contribution in [0.25, 0.3) is 10.9 Å². The Morgan fingerprint density at radius 3 is 2.52 bits per heavy atom. The van der Waals surface area contributed by atoms with Crippen molar-refractivity contribution < 1.29 is 9.53 Å². The van der Waals surface area contributed by atoms with Crippen LogP contribution in [0.5, 0.6) is 0 Å². The van der Waals surface area contributed by atoms with Gasteiger partial charge in [0.2, 0.25) is 0 Å². The van der Waals surface area contributed by atoms with Crippen LogP contribution in [0.15, 0.2) is 78.9 Å². The van der Waals surface area contributed by atoms with Gasteiger partial charge < -0.3 is 14.6 Å². The van der Waals surface area contributed by atoms with E-state index in [2.05, 4.69) is 11.1 Å². The summed E-state index contributed by atoms with van der Waals surface area (Å²) in [4.78, 5) is 18.8. The molecule has 5 rings (SSSR count). The van der Waals surface area contributed by atoms with Gasteiger partial charge in [-0.3, -0.25) is 4.79 Å². The van der Waals surface area contributed by atoms with Crippen LogP contribution in [0, 0.1) is 11.3 Å². The number of carbonyl (C=O) groups is 1. The molecule has 4 aromatic rings. The molecule has 1 aliphatic heterocycles. The zero-order chi connectivity index (χ0) is 21.2. The SMILES string of the molecule is N#Cc1ccc([C@@H]2OCCN(Cc3ccccc3)C(=O)c3[nH]c4ccccc4c32)cc1. The average molecular weight is 407 g/mol. The van der Waals surface area contributed by atoms with Crippen LogP contribution in [-0.4, -0.2) is 28.9 Å². The van der Waals surface area contributed by atoms with Gasteiger partial charge in [-0.15, -0.1) is 0 Å². The number of aromatic amines is 1. The number of hydrogen-bond acceptors (Lipinski definition) is 3. The fraction of sp³-hybridized carbons (Fsp3) is 0.154. The molecule has 0 radical (unpaired) electrons. The smallest absolute Gasteiger partial charge is 0.271 e. The molecule has 1 N–H and O–H groups in total. The maximum absolute atomic E-state index is 13.6. The van der Waals surface area contributed by atoms with Crippen molar-refractivity contribution >= 4 is 16.8 Å². The summed E-state index contributed by atoms with van der Waals surface area (Å²) in [7, 11) is 0. The van der Waals surface area contributed by atoms with E-state index in [9.17, 15) is 4.79 Å². The number of nitrogens with zero attached hydrogens (tertiary/aromatic N) is 2. The fourth-order valence-corrected chi connectivity index (χ4v) is 4.18. The molecule has 2 heterocycles. The van der Waals surface area contributed by atoms with Gasteiger partial charge in [-0.25, -0.2) is 0 Å². The van der Waals surface area contributed by atoms with Crippen molar-refractivity contribution in [2.24, 2.45) is 0 Å². The molecule has 0 saturated heterocycles. The second-order valence-electron chi connectivity index (χ2n) is 7.66. The van der Waals surface area contributed by atoms with Crippen molar-refractivity contribution in [1.82, 2.24) is 9.88 Å². The third-order valence-corrected chi connectivity index (χ3v) is 5.71. The average Bonchev–Trinajstić information content (AvgIpc) is 3.19. The highest BCUT2D eigenvalue weighted by molar-refractivity contribution is 6.01. The van der Waals surface area contributed by atoms with Crippen LogP contribution in [0.2, 0.25) is 0 Å². The number of rotatable bonds is 3. The topological polar surface area (TPSA) is 69.1 Å². The van der Waals surface area contributed by atoms with Crippen LogP contribution in [0.4, 0.5) is 0 Å². The van der Waals surface area contributed by atoms with Gasteiger partial charge in [0.1, 0.15) is 11.8 Å². The summed E-state index contributed by atoms with van der Waals surface area (Å²) in [6.07, 6.45) is -0.387. The van der Waals surface area contributed by atoms with Crippen molar-refractivity contribution in [1.29, 1.82) is 5.26 Å². The van der Waals surface area contributed by atoms with E-state index in [0.717, 1.165) is 27.6 Å². The summed E-state index contributed by atoms with van der Waals surface area (Å²) in [5, 5.41) is 10.1. The number of para-hydroxylation sites is 1. The number of nitriles is 1. The van der Waals surface area contributed by atoms with Crippen LogP contribution in [0.3, 0.4) is 0 Å². The van der Waals surface area contributed by atoms with Crippen LogP contribution in [-0.2, 0) is 11.3 Å². The lowest BCUT2D eigenvalue weighted by atomic mass is 9.96. The number of ether oxygens (including phenoxy) is 1. The van der Waals surface area contributed by atoms with E-state index in [-0.39, 0.29) is 12.0 Å². The monoisotopic (exact) mass is 407 g/mol. The lowest BCUT2D eigenvalue weighted by molar-refractivity contribution is 0.0401. The zero-order valence-corrected chi connectivity index (χ0v) is 16.9. The summed E-state index contributed by atoms with van der Waals surface area (Å²) in [6.45, 7) is 1.44. The molecule has 5 heteroatoms. The quantitative estimate of drug-likeness (QED) is 0.530. The van der Waals surface area contributed by atoms with Crippen LogP contribution in [0.1, 0.15) is 38.8 Å². The molecule has 31 heavy (non-hydrogen) atoms. The summed E-state index contributed by atoms with van der Waals surface area (Å²) in [5.74, 6) is -0.0306. The van der Waals surface area contributed by atoms with Crippen molar-refractivity contribution in [2.75, 3.05) is 13.2 Å². The number of aromatic nitrogens is 1. The van der Waals surface area contributed by atoms with E-state index in [1.165, 1.54) is 0 Å². The first-order valence-corrected chi connectivity index (χ1v) is 10.3. The van der Waals surface area contributed by atoms with E-state index in [1.54, 1.807) is 12.1 Å². The first-order chi connectivity index (χ1) is 15.2. The Bertz CT molecular complexity index is 1270. The maximum atomic E-state index is 13.6. The molecule has 152 valence electrons. The molecule has 1 amide bonds. The number of amides is 1. The fourth-order valence-electron chi connectivity index (χ4n) is 4.18. The van der Waals surface area contributed by atoms with E-state index in [4.69, 9.17) is 10.00 Å². The lowest BCUT2D eigenvalue weighted by Crippen LogP contribution is -2.36. The third kappa shape index (κ3) is 3.58. The number of nitrogens with one attached hydrogen (secondary N) is 1. The molecule has 0 bridgehead atoms. The summed E-state index contributed by atoms with van der Waals surface area (Å²) in [6, 6.07) is 27.4. The van der Waals surface area contributed by atoms with Crippen molar-refractivity contribution in [2.45, 2.75) is 12.6 Å². The van der Waals surface area contributed by atoms with Gasteiger partial charge in [0.15, 0.2) is 0 Å². The second kappa shape index (κ2) is 8.10. The molecular weight excluding hydrogens is 386 g/mol. The van der Waals surface area contributed by atoms with E-state index < -0.39 is 0 Å². The molecule has 0 unspecified atom stereocenters. The molecule has 1 aromatic heterocycles. The number of H-pyrrole nitrogens is 1. The van der Waals surface area contributed by atoms with Crippen molar-refractivity contribution in [3.8, 4) is 6.07 Å². The van der Waals surface area contributed by atoms with Crippen molar-refractivity contribution in [3.63, 3.8) is 0 Å². The summed E-state index contributed by atoms with van der Waals surface area (Å²) >= 11 is 0. The van der Waals surface area contributed by atoms with Gasteiger partial charge in [0.25, 0.3) is 5.91 Å². The minimum Gasteiger partial charge on any atom is -0.367 e. The van der Waals surface area contributed by atoms with Crippen LogP contribution < -0.4 is 0 Å². The van der Waals surface area contributed by atoms with Gasteiger partial charge >= 0.3 is 0 Å². The lowest BCUT2D eigenvalue weighted by Gasteiger charge is -2.29. The predicted molar refractivity (Wildman–Crippen MR) is 118 cm³/mol. The normalized spacial score (nSPS) is 16.4. The van der Waals surface area contributed by atoms with Gasteiger partial charge in [0.05, 0.1) is 18.2 Å². The van der Waals surface area contributed by atoms with E-state index in [1.807, 2.05) is 71.6 Å². The van der Waals surface area contributed by atoms with Gasteiger partial charge in [-0.2, -0.15) is 5.26 Å². The molecule has 1 aliphatic rings. The minimum atomic E-state index is -0.387. The molecule has 0 spiro atoms. The largest absolute Gasteiger partial charge is 0.367 e. The minimum absolute atomic E-state index is 0.0306. The Kier molecular flexibility index (Phi) is 4.99. The van der Waals surface area contributed by atoms with Gasteiger partial charge in [-0.1, -0.05) is 60.7 Å². The van der Waals surface area contributed by atoms with E-state index >= 15 is 0 Å². The molecule has 3 aromatic carbocycles. The van der Waals surface area contributed by atoms with Crippen LogP contribution >= 0.6 is 0 Å². The molecular formula is C26H21N3O2.